The van der Waals surface area contributed by atoms with E-state index in [0.717, 1.165) is 18.2 Å². The standard InChI is InChI=1S/C20H24N2O6/c1-2-26-11-14-13-7-3-4-9-16(13)28-18(14)20(25)27-12-17(23)22-10-6-5-8-15(22)19(21)24/h3-4,7,9,15H,2,5-6,8,10-12H2,1H3,(H2,21,24)/t15-/m1/s1. The Morgan fingerprint density at radius 3 is 2.79 bits per heavy atom. The maximum Gasteiger partial charge on any atom is 0.375 e. The number of carbonyl (C=O) groups excluding carboxylic acids is 3. The van der Waals surface area contributed by atoms with E-state index in [9.17, 15) is 14.4 Å². The summed E-state index contributed by atoms with van der Waals surface area (Å²) in [6.07, 6.45) is 2.14. The molecule has 2 heterocycles. The fourth-order valence-electron chi connectivity index (χ4n) is 3.41. The van der Waals surface area contributed by atoms with Crippen LogP contribution in [-0.2, 0) is 25.7 Å². The Hall–Kier alpha value is -2.87. The molecule has 3 rings (SSSR count). The van der Waals surface area contributed by atoms with Crippen molar-refractivity contribution in [3.8, 4) is 0 Å². The first-order chi connectivity index (χ1) is 13.5. The van der Waals surface area contributed by atoms with E-state index < -0.39 is 30.4 Å². The molecule has 2 N–H and O–H groups in total. The number of rotatable bonds is 7. The van der Waals surface area contributed by atoms with Crippen molar-refractivity contribution in [1.82, 2.24) is 4.90 Å². The highest BCUT2D eigenvalue weighted by Gasteiger charge is 2.31. The number of piperidine rings is 1. The first kappa shape index (κ1) is 19.9. The number of fused-ring (bicyclic) bond motifs is 1. The van der Waals surface area contributed by atoms with Crippen molar-refractivity contribution in [2.24, 2.45) is 5.73 Å². The van der Waals surface area contributed by atoms with Gasteiger partial charge in [-0.3, -0.25) is 9.59 Å². The van der Waals surface area contributed by atoms with Gasteiger partial charge in [-0.1, -0.05) is 18.2 Å². The normalized spacial score (nSPS) is 16.9. The number of nitrogens with zero attached hydrogens (tertiary/aromatic N) is 1. The average molecular weight is 388 g/mol. The molecule has 8 heteroatoms. The minimum Gasteiger partial charge on any atom is -0.450 e. The van der Waals surface area contributed by atoms with Crippen LogP contribution in [0.3, 0.4) is 0 Å². The Morgan fingerprint density at radius 1 is 1.25 bits per heavy atom. The molecule has 1 aromatic carbocycles. The van der Waals surface area contributed by atoms with Crippen molar-refractivity contribution in [2.45, 2.75) is 38.8 Å². The molecule has 1 aliphatic rings. The molecule has 28 heavy (non-hydrogen) atoms. The summed E-state index contributed by atoms with van der Waals surface area (Å²) < 4.78 is 16.3. The molecule has 2 amide bonds. The highest BCUT2D eigenvalue weighted by Crippen LogP contribution is 2.27. The summed E-state index contributed by atoms with van der Waals surface area (Å²) in [4.78, 5) is 38.0. The van der Waals surface area contributed by atoms with Crippen molar-refractivity contribution in [3.05, 3.63) is 35.6 Å². The van der Waals surface area contributed by atoms with Gasteiger partial charge in [-0.2, -0.15) is 0 Å². The van der Waals surface area contributed by atoms with Gasteiger partial charge in [-0.05, 0) is 32.3 Å². The van der Waals surface area contributed by atoms with Crippen LogP contribution in [0.4, 0.5) is 0 Å². The van der Waals surface area contributed by atoms with Gasteiger partial charge in [0.2, 0.25) is 11.7 Å². The van der Waals surface area contributed by atoms with Crippen molar-refractivity contribution >= 4 is 28.8 Å². The lowest BCUT2D eigenvalue weighted by atomic mass is 10.0. The predicted octanol–water partition coefficient (Wildman–Crippen LogP) is 1.99. The number of likely N-dealkylation sites (tertiary alicyclic amines) is 1. The van der Waals surface area contributed by atoms with E-state index in [-0.39, 0.29) is 12.4 Å². The van der Waals surface area contributed by atoms with Crippen molar-refractivity contribution in [2.75, 3.05) is 19.8 Å². The molecule has 0 bridgehead atoms. The molecule has 1 atom stereocenters. The number of nitrogens with two attached hydrogens (primary N) is 1. The zero-order chi connectivity index (χ0) is 20.1. The van der Waals surface area contributed by atoms with Crippen molar-refractivity contribution < 1.29 is 28.3 Å². The Bertz CT molecular complexity index is 875. The molecule has 8 nitrogen and oxygen atoms in total. The smallest absolute Gasteiger partial charge is 0.375 e. The molecule has 1 aromatic heterocycles. The predicted molar refractivity (Wildman–Crippen MR) is 100 cm³/mol. The van der Waals surface area contributed by atoms with Gasteiger partial charge in [-0.25, -0.2) is 4.79 Å². The minimum atomic E-state index is -0.744. The van der Waals surface area contributed by atoms with Crippen LogP contribution in [0.25, 0.3) is 11.0 Å². The number of carbonyl (C=O) groups is 3. The first-order valence-corrected chi connectivity index (χ1v) is 9.37. The summed E-state index contributed by atoms with van der Waals surface area (Å²) in [7, 11) is 0. The Morgan fingerprint density at radius 2 is 2.04 bits per heavy atom. The van der Waals surface area contributed by atoms with Crippen LogP contribution in [0.1, 0.15) is 42.3 Å². The largest absolute Gasteiger partial charge is 0.450 e. The van der Waals surface area contributed by atoms with E-state index in [1.54, 1.807) is 12.1 Å². The van der Waals surface area contributed by atoms with Gasteiger partial charge in [0.05, 0.1) is 6.61 Å². The molecule has 1 saturated heterocycles. The lowest BCUT2D eigenvalue weighted by Crippen LogP contribution is -2.51. The molecule has 150 valence electrons. The monoisotopic (exact) mass is 388 g/mol. The summed E-state index contributed by atoms with van der Waals surface area (Å²) in [5.74, 6) is -1.71. The minimum absolute atomic E-state index is 0.0209. The summed E-state index contributed by atoms with van der Waals surface area (Å²) in [6.45, 7) is 2.47. The van der Waals surface area contributed by atoms with Crippen LogP contribution >= 0.6 is 0 Å². The number of amides is 2. The summed E-state index contributed by atoms with van der Waals surface area (Å²) in [5.41, 5.74) is 6.51. The van der Waals surface area contributed by atoms with Crippen molar-refractivity contribution in [1.29, 1.82) is 0 Å². The summed E-state index contributed by atoms with van der Waals surface area (Å²) in [6, 6.07) is 6.57. The van der Waals surface area contributed by atoms with Gasteiger partial charge >= 0.3 is 5.97 Å². The third kappa shape index (κ3) is 4.17. The number of furan rings is 1. The lowest BCUT2D eigenvalue weighted by Gasteiger charge is -2.33. The highest BCUT2D eigenvalue weighted by atomic mass is 16.5. The second-order valence-electron chi connectivity index (χ2n) is 6.62. The van der Waals surface area contributed by atoms with E-state index in [0.29, 0.717) is 30.7 Å². The molecule has 1 aliphatic heterocycles. The topological polar surface area (TPSA) is 112 Å². The third-order valence-electron chi connectivity index (χ3n) is 4.81. The molecule has 0 radical (unpaired) electrons. The quantitative estimate of drug-likeness (QED) is 0.726. The average Bonchev–Trinajstić information content (AvgIpc) is 3.08. The number of ether oxygens (including phenoxy) is 2. The number of hydrogen-bond donors (Lipinski definition) is 1. The van der Waals surface area contributed by atoms with E-state index in [2.05, 4.69) is 0 Å². The highest BCUT2D eigenvalue weighted by molar-refractivity contribution is 5.97. The van der Waals surface area contributed by atoms with Gasteiger partial charge in [-0.15, -0.1) is 0 Å². The van der Waals surface area contributed by atoms with E-state index >= 15 is 0 Å². The van der Waals surface area contributed by atoms with Crippen molar-refractivity contribution in [3.63, 3.8) is 0 Å². The van der Waals surface area contributed by atoms with Crippen LogP contribution in [-0.4, -0.2) is 48.5 Å². The van der Waals surface area contributed by atoms with Crippen LogP contribution in [0.5, 0.6) is 0 Å². The second-order valence-corrected chi connectivity index (χ2v) is 6.62. The molecule has 1 fully saturated rings. The van der Waals surface area contributed by atoms with Gasteiger partial charge in [0.15, 0.2) is 6.61 Å². The SMILES string of the molecule is CCOCc1c(C(=O)OCC(=O)N2CCCC[C@@H]2C(N)=O)oc2ccccc12. The molecular formula is C20H24N2O6. The number of esters is 1. The zero-order valence-electron chi connectivity index (χ0n) is 15.8. The third-order valence-corrected chi connectivity index (χ3v) is 4.81. The fraction of sp³-hybridized carbons (Fsp3) is 0.450. The molecule has 2 aromatic rings. The van der Waals surface area contributed by atoms with Crippen LogP contribution in [0.2, 0.25) is 0 Å². The molecular weight excluding hydrogens is 364 g/mol. The van der Waals surface area contributed by atoms with Crippen LogP contribution in [0, 0.1) is 0 Å². The maximum absolute atomic E-state index is 12.6. The Kier molecular flexibility index (Phi) is 6.30. The number of hydrogen-bond acceptors (Lipinski definition) is 6. The summed E-state index contributed by atoms with van der Waals surface area (Å²) in [5, 5.41) is 0.763. The van der Waals surface area contributed by atoms with Crippen LogP contribution in [0.15, 0.2) is 28.7 Å². The first-order valence-electron chi connectivity index (χ1n) is 9.37. The van der Waals surface area contributed by atoms with Crippen LogP contribution < -0.4 is 5.73 Å². The number of para-hydroxylation sites is 1. The summed E-state index contributed by atoms with van der Waals surface area (Å²) >= 11 is 0. The second kappa shape index (κ2) is 8.88. The fourth-order valence-corrected chi connectivity index (χ4v) is 3.41. The number of benzene rings is 1. The lowest BCUT2D eigenvalue weighted by molar-refractivity contribution is -0.143. The van der Waals surface area contributed by atoms with Gasteiger partial charge in [0.1, 0.15) is 11.6 Å². The van der Waals surface area contributed by atoms with Gasteiger partial charge in [0.25, 0.3) is 5.91 Å². The van der Waals surface area contributed by atoms with E-state index in [1.165, 1.54) is 4.90 Å². The molecule has 0 spiro atoms. The molecule has 0 aliphatic carbocycles. The molecule has 0 unspecified atom stereocenters. The zero-order valence-corrected chi connectivity index (χ0v) is 15.8. The Balaban J connectivity index is 1.72. The Labute approximate surface area is 162 Å². The number of primary amides is 1. The molecule has 0 saturated carbocycles. The maximum atomic E-state index is 12.6. The van der Waals surface area contributed by atoms with E-state index in [4.69, 9.17) is 19.6 Å². The van der Waals surface area contributed by atoms with Gasteiger partial charge < -0.3 is 24.5 Å². The van der Waals surface area contributed by atoms with Gasteiger partial charge in [0, 0.05) is 24.1 Å². The van der Waals surface area contributed by atoms with E-state index in [1.807, 2.05) is 19.1 Å².